The minimum absolute atomic E-state index is 0.172. The Balaban J connectivity index is 0.000000137. The normalized spacial score (nSPS) is 15.7. The average Bonchev–Trinajstić information content (AvgIpc) is 3.40. The molecule has 0 saturated carbocycles. The average molecular weight is 961 g/mol. The van der Waals surface area contributed by atoms with E-state index in [2.05, 4.69) is 97.4 Å². The number of aromatic nitrogens is 6. The largest absolute Gasteiger partial charge is 0.456 e. The molecule has 9 nitrogen and oxygen atoms in total. The summed E-state index contributed by atoms with van der Waals surface area (Å²) in [7, 11) is 6.06. The summed E-state index contributed by atoms with van der Waals surface area (Å²) in [6, 6.07) is 37.7. The molecule has 12 aromatic rings. The number of pyridine rings is 6. The topological polar surface area (TPSA) is 89.7 Å². The minimum Gasteiger partial charge on any atom is -0.456 e. The number of furan rings is 3. The Morgan fingerprint density at radius 2 is 0.861 bits per heavy atom. The maximum absolute atomic E-state index is 8.26. The number of aryl methyl sites for hydroxylation is 6. The van der Waals surface area contributed by atoms with Crippen LogP contribution in [0.5, 0.6) is 0 Å². The van der Waals surface area contributed by atoms with Gasteiger partial charge in [-0.3, -0.25) is 9.97 Å². The lowest BCUT2D eigenvalue weighted by molar-refractivity contribution is -0.660. The van der Waals surface area contributed by atoms with Crippen LogP contribution < -0.4 is 13.7 Å². The molecular formula is C63H63N6O3+3. The quantitative estimate of drug-likeness (QED) is 0.154. The number of nitrogens with zero attached hydrogens (tertiary/aromatic N) is 6. The summed E-state index contributed by atoms with van der Waals surface area (Å²) in [5, 5.41) is 5.52. The van der Waals surface area contributed by atoms with Gasteiger partial charge >= 0.3 is 0 Å². The maximum atomic E-state index is 8.26. The summed E-state index contributed by atoms with van der Waals surface area (Å²) in [5.41, 5.74) is 15.0. The molecule has 0 saturated heterocycles. The van der Waals surface area contributed by atoms with Gasteiger partial charge in [0.15, 0.2) is 24.2 Å². The van der Waals surface area contributed by atoms with Crippen LogP contribution in [0.25, 0.3) is 99.7 Å². The summed E-state index contributed by atoms with van der Waals surface area (Å²) in [4.78, 5) is 13.1. The zero-order chi connectivity index (χ0) is 58.3. The molecule has 72 heavy (non-hydrogen) atoms. The van der Waals surface area contributed by atoms with Crippen LogP contribution >= 0.6 is 0 Å². The predicted octanol–water partition coefficient (Wildman–Crippen LogP) is 14.7. The van der Waals surface area contributed by atoms with E-state index in [9.17, 15) is 0 Å². The molecule has 9 aromatic heterocycles. The van der Waals surface area contributed by atoms with E-state index in [0.717, 1.165) is 88.5 Å². The number of hydrogen-bond donors (Lipinski definition) is 0. The van der Waals surface area contributed by atoms with Crippen molar-refractivity contribution < 1.29 is 39.3 Å². The van der Waals surface area contributed by atoms with Crippen molar-refractivity contribution in [1.29, 1.82) is 0 Å². The number of benzene rings is 3. The molecule has 360 valence electrons. The summed E-state index contributed by atoms with van der Waals surface area (Å²) < 4.78 is 94.7. The van der Waals surface area contributed by atoms with E-state index < -0.39 is 31.4 Å². The molecule has 0 spiro atoms. The standard InChI is InChI=1S/3C21H21N2O/c1-13(2)18-9-8-15-17-12-16(19-7-5-6-10-23(19)4)14(3)11-20(17)24-21(15)22-18;1-13(2)18-11-21-17(12-22-18)16-10-15(14(3)9-20(16)24-21)19-7-5-6-8-23(19)4;1-13(2)18-11-17-16-10-15(19-7-5-6-8-23(19)4)14(3)9-20(16)24-21(17)12-22-18/h3*5-13H,1-4H3/q3*+1/i2*1D3,13D;13D. The van der Waals surface area contributed by atoms with E-state index in [1.807, 2.05) is 103 Å². The smallest absolute Gasteiger partial charge is 0.227 e. The molecule has 0 amide bonds. The Labute approximate surface area is 433 Å². The fourth-order valence-electron chi connectivity index (χ4n) is 9.38. The van der Waals surface area contributed by atoms with Gasteiger partial charge in [0, 0.05) is 127 Å². The molecule has 0 aliphatic rings. The molecule has 3 aromatic carbocycles. The van der Waals surface area contributed by atoms with Crippen molar-refractivity contribution in [2.24, 2.45) is 21.1 Å². The van der Waals surface area contributed by atoms with Crippen LogP contribution in [0.3, 0.4) is 0 Å². The molecule has 0 aliphatic carbocycles. The van der Waals surface area contributed by atoms with Gasteiger partial charge in [0.2, 0.25) is 22.8 Å². The van der Waals surface area contributed by atoms with Gasteiger partial charge in [-0.25, -0.2) is 18.7 Å². The second kappa shape index (κ2) is 19.3. The molecule has 0 bridgehead atoms. The summed E-state index contributed by atoms with van der Waals surface area (Å²) >= 11 is 0. The van der Waals surface area contributed by atoms with Gasteiger partial charge < -0.3 is 13.3 Å². The fraction of sp³-hybridized carbons (Fsp3) is 0.238. The lowest BCUT2D eigenvalue weighted by Crippen LogP contribution is -2.30. The van der Waals surface area contributed by atoms with Crippen molar-refractivity contribution in [3.8, 4) is 33.8 Å². The van der Waals surface area contributed by atoms with Crippen LogP contribution in [-0.2, 0) is 21.1 Å². The van der Waals surface area contributed by atoms with Crippen molar-refractivity contribution >= 4 is 65.9 Å². The van der Waals surface area contributed by atoms with E-state index in [4.69, 9.17) is 25.6 Å². The van der Waals surface area contributed by atoms with E-state index in [1.165, 1.54) is 25.0 Å². The van der Waals surface area contributed by atoms with Crippen molar-refractivity contribution in [3.63, 3.8) is 0 Å². The molecular weight excluding hydrogens is 889 g/mol. The Hall–Kier alpha value is -8.04. The van der Waals surface area contributed by atoms with Crippen LogP contribution in [0.1, 0.15) is 105 Å². The molecule has 0 aliphatic heterocycles. The van der Waals surface area contributed by atoms with Crippen LogP contribution in [-0.4, -0.2) is 15.0 Å². The van der Waals surface area contributed by atoms with Gasteiger partial charge in [-0.15, -0.1) is 0 Å². The van der Waals surface area contributed by atoms with Crippen LogP contribution in [0, 0.1) is 20.8 Å². The van der Waals surface area contributed by atoms with Crippen LogP contribution in [0.15, 0.2) is 159 Å². The first kappa shape index (κ1) is 37.7. The highest BCUT2D eigenvalue weighted by Gasteiger charge is 2.20. The Morgan fingerprint density at radius 3 is 1.38 bits per heavy atom. The second-order valence-electron chi connectivity index (χ2n) is 18.8. The van der Waals surface area contributed by atoms with Gasteiger partial charge in [0.1, 0.15) is 43.5 Å². The first-order chi connectivity index (χ1) is 38.0. The number of fused-ring (bicyclic) bond motifs is 9. The molecule has 9 heteroatoms. The first-order valence-electron chi connectivity index (χ1n) is 28.4. The van der Waals surface area contributed by atoms with Crippen molar-refractivity contribution in [3.05, 3.63) is 180 Å². The SMILES string of the molecule is [2H]C(C)(C)c1cc2c(cn1)oc1cc(C)c(-c3cccc[n+]3C)cc12.[2H]C([2H])([2H])C([2H])(C)c1cc2oc3cc(C)c(-c4cccc[n+]4C)cc3c2cn1.[2H]C([2H])([2H])C([2H])(C)c1ccc2c(n1)oc1cc(C)c(-c3cccc[n+]3C)cc12. The molecule has 2 atom stereocenters. The minimum atomic E-state index is -2.48. The third-order valence-electron chi connectivity index (χ3n) is 13.4. The van der Waals surface area contributed by atoms with Crippen molar-refractivity contribution in [2.45, 2.75) is 79.9 Å². The Kier molecular flexibility index (Phi) is 10.1. The van der Waals surface area contributed by atoms with Crippen molar-refractivity contribution in [2.75, 3.05) is 0 Å². The molecule has 0 N–H and O–H groups in total. The first-order valence-corrected chi connectivity index (χ1v) is 23.9. The van der Waals surface area contributed by atoms with Gasteiger partial charge in [-0.1, -0.05) is 41.4 Å². The molecule has 0 radical (unpaired) electrons. The highest BCUT2D eigenvalue weighted by Crippen LogP contribution is 2.37. The Bertz CT molecular complexity index is 4220. The number of rotatable bonds is 6. The molecule has 12 rings (SSSR count). The fourth-order valence-corrected chi connectivity index (χ4v) is 9.38. The van der Waals surface area contributed by atoms with E-state index >= 15 is 0 Å². The summed E-state index contributed by atoms with van der Waals surface area (Å²) in [6.07, 6.45) is 9.41. The zero-order valence-corrected chi connectivity index (χ0v) is 42.3. The third-order valence-corrected chi connectivity index (χ3v) is 13.4. The van der Waals surface area contributed by atoms with Gasteiger partial charge in [-0.2, -0.15) is 0 Å². The van der Waals surface area contributed by atoms with Gasteiger partial charge in [0.25, 0.3) is 0 Å². The highest BCUT2D eigenvalue weighted by atomic mass is 16.3. The van der Waals surface area contributed by atoms with Crippen LogP contribution in [0.2, 0.25) is 0 Å². The van der Waals surface area contributed by atoms with E-state index in [0.29, 0.717) is 22.5 Å². The molecule has 2 unspecified atom stereocenters. The van der Waals surface area contributed by atoms with Gasteiger partial charge in [0.05, 0.1) is 6.20 Å². The number of hydrogen-bond acceptors (Lipinski definition) is 6. The highest BCUT2D eigenvalue weighted by molar-refractivity contribution is 6.08. The van der Waals surface area contributed by atoms with E-state index in [1.54, 1.807) is 30.6 Å². The monoisotopic (exact) mass is 961 g/mol. The van der Waals surface area contributed by atoms with Crippen LogP contribution in [0.4, 0.5) is 0 Å². The Morgan fingerprint density at radius 1 is 0.431 bits per heavy atom. The van der Waals surface area contributed by atoms with E-state index in [-0.39, 0.29) is 11.4 Å². The summed E-state index contributed by atoms with van der Waals surface area (Å²) in [6.45, 7) is 7.62. The maximum Gasteiger partial charge on any atom is 0.227 e. The third kappa shape index (κ3) is 9.00. The lowest BCUT2D eigenvalue weighted by Gasteiger charge is -2.05. The van der Waals surface area contributed by atoms with Crippen molar-refractivity contribution in [1.82, 2.24) is 15.0 Å². The second-order valence-corrected chi connectivity index (χ2v) is 18.8. The van der Waals surface area contributed by atoms with Gasteiger partial charge in [-0.05, 0) is 128 Å². The zero-order valence-electron chi connectivity index (χ0n) is 51.3. The lowest BCUT2D eigenvalue weighted by atomic mass is 10.0. The predicted molar refractivity (Wildman–Crippen MR) is 291 cm³/mol. The molecule has 9 heterocycles. The summed E-state index contributed by atoms with van der Waals surface area (Å²) in [5.74, 6) is -4.35. The molecule has 0 fully saturated rings.